The van der Waals surface area contributed by atoms with Crippen LogP contribution in [0, 0.1) is 10.1 Å². The molecule has 0 aliphatic carbocycles. The third kappa shape index (κ3) is 5.41. The number of hydrogen-bond donors (Lipinski definition) is 0. The normalized spacial score (nSPS) is 12.0. The van der Waals surface area contributed by atoms with Gasteiger partial charge in [-0.1, -0.05) is 56.3 Å². The van der Waals surface area contributed by atoms with Crippen LogP contribution in [0.25, 0.3) is 6.08 Å². The molecule has 144 valence electrons. The van der Waals surface area contributed by atoms with Gasteiger partial charge in [0.05, 0.1) is 14.7 Å². The predicted molar refractivity (Wildman–Crippen MR) is 109 cm³/mol. The van der Waals surface area contributed by atoms with Crippen LogP contribution in [0.15, 0.2) is 64.4 Å². The molecule has 8 heteroatoms. The van der Waals surface area contributed by atoms with Crippen LogP contribution in [-0.2, 0) is 10.0 Å². The lowest BCUT2D eigenvalue weighted by Gasteiger charge is -2.18. The summed E-state index contributed by atoms with van der Waals surface area (Å²) < 4.78 is 26.4. The van der Waals surface area contributed by atoms with Gasteiger partial charge in [0, 0.05) is 24.9 Å². The van der Waals surface area contributed by atoms with Crippen LogP contribution in [0.3, 0.4) is 0 Å². The molecular weight excluding hydrogens is 384 g/mol. The highest BCUT2D eigenvalue weighted by molar-refractivity contribution is 7.99. The maximum absolute atomic E-state index is 12.6. The molecular formula is C19H22N2O4S2. The number of hydrogen-bond acceptors (Lipinski definition) is 5. The third-order valence-corrected chi connectivity index (χ3v) is 6.98. The van der Waals surface area contributed by atoms with Gasteiger partial charge in [0.2, 0.25) is 10.0 Å². The lowest BCUT2D eigenvalue weighted by atomic mass is 10.2. The van der Waals surface area contributed by atoms with Gasteiger partial charge in [0.25, 0.3) is 5.69 Å². The molecule has 0 amide bonds. The summed E-state index contributed by atoms with van der Waals surface area (Å²) in [4.78, 5) is 11.3. The van der Waals surface area contributed by atoms with Crippen molar-refractivity contribution in [1.82, 2.24) is 4.31 Å². The van der Waals surface area contributed by atoms with Gasteiger partial charge >= 0.3 is 0 Å². The van der Waals surface area contributed by atoms with Gasteiger partial charge in [0.15, 0.2) is 0 Å². The highest BCUT2D eigenvalue weighted by Gasteiger charge is 2.25. The van der Waals surface area contributed by atoms with Gasteiger partial charge in [-0.3, -0.25) is 10.1 Å². The first-order valence-corrected chi connectivity index (χ1v) is 11.0. The van der Waals surface area contributed by atoms with Gasteiger partial charge in [-0.15, -0.1) is 11.8 Å². The van der Waals surface area contributed by atoms with E-state index in [-0.39, 0.29) is 10.6 Å². The number of thioether (sulfide) groups is 1. The highest BCUT2D eigenvalue weighted by atomic mass is 32.2. The average molecular weight is 407 g/mol. The molecule has 2 aromatic carbocycles. The number of nitro benzene ring substituents is 1. The highest BCUT2D eigenvalue weighted by Crippen LogP contribution is 2.32. The molecule has 0 N–H and O–H groups in total. The minimum Gasteiger partial charge on any atom is -0.258 e. The fraction of sp³-hybridized carbons (Fsp3) is 0.263. The Morgan fingerprint density at radius 2 is 1.78 bits per heavy atom. The second kappa shape index (κ2) is 9.68. The van der Waals surface area contributed by atoms with Crippen molar-refractivity contribution in [3.63, 3.8) is 0 Å². The minimum atomic E-state index is -3.73. The SMILES string of the molecule is CCN(CC)S(=O)(=O)c1ccc(SC/C=C/c2ccccc2)c([N+](=O)[O-])c1. The summed E-state index contributed by atoms with van der Waals surface area (Å²) in [6, 6.07) is 13.8. The minimum absolute atomic E-state index is 0.0536. The number of nitro groups is 1. The summed E-state index contributed by atoms with van der Waals surface area (Å²) in [6.45, 7) is 4.10. The van der Waals surface area contributed by atoms with E-state index in [0.717, 1.165) is 11.6 Å². The summed E-state index contributed by atoms with van der Waals surface area (Å²) >= 11 is 1.30. The Balaban J connectivity index is 2.21. The van der Waals surface area contributed by atoms with E-state index < -0.39 is 14.9 Å². The first kappa shape index (κ1) is 21.1. The molecule has 0 atom stereocenters. The van der Waals surface area contributed by atoms with Gasteiger partial charge in [-0.2, -0.15) is 4.31 Å². The first-order valence-electron chi connectivity index (χ1n) is 8.53. The van der Waals surface area contributed by atoms with E-state index in [1.807, 2.05) is 42.5 Å². The number of benzene rings is 2. The fourth-order valence-electron chi connectivity index (χ4n) is 2.52. The quantitative estimate of drug-likeness (QED) is 0.350. The maximum Gasteiger partial charge on any atom is 0.284 e. The Morgan fingerprint density at radius 3 is 2.37 bits per heavy atom. The third-order valence-electron chi connectivity index (χ3n) is 3.92. The zero-order valence-corrected chi connectivity index (χ0v) is 16.9. The lowest BCUT2D eigenvalue weighted by Crippen LogP contribution is -2.30. The molecule has 2 aromatic rings. The second-order valence-electron chi connectivity index (χ2n) is 5.60. The number of nitrogens with zero attached hydrogens (tertiary/aromatic N) is 2. The van der Waals surface area contributed by atoms with Crippen molar-refractivity contribution in [3.8, 4) is 0 Å². The van der Waals surface area contributed by atoms with Gasteiger partial charge < -0.3 is 0 Å². The van der Waals surface area contributed by atoms with Crippen molar-refractivity contribution >= 4 is 33.5 Å². The van der Waals surface area contributed by atoms with E-state index in [9.17, 15) is 18.5 Å². The van der Waals surface area contributed by atoms with Crippen LogP contribution in [-0.4, -0.2) is 36.5 Å². The van der Waals surface area contributed by atoms with Crippen molar-refractivity contribution < 1.29 is 13.3 Å². The summed E-state index contributed by atoms with van der Waals surface area (Å²) in [5, 5.41) is 11.4. The van der Waals surface area contributed by atoms with Gasteiger partial charge in [-0.25, -0.2) is 8.42 Å². The van der Waals surface area contributed by atoms with E-state index in [1.54, 1.807) is 13.8 Å². The van der Waals surface area contributed by atoms with E-state index in [4.69, 9.17) is 0 Å². The average Bonchev–Trinajstić information content (AvgIpc) is 2.66. The molecule has 0 saturated heterocycles. The van der Waals surface area contributed by atoms with Crippen LogP contribution in [0.4, 0.5) is 5.69 Å². The van der Waals surface area contributed by atoms with Crippen molar-refractivity contribution in [2.45, 2.75) is 23.6 Å². The molecule has 0 saturated carbocycles. The smallest absolute Gasteiger partial charge is 0.258 e. The Bertz CT molecular complexity index is 909. The van der Waals surface area contributed by atoms with E-state index in [2.05, 4.69) is 0 Å². The van der Waals surface area contributed by atoms with Gasteiger partial charge in [0.1, 0.15) is 0 Å². The summed E-state index contributed by atoms with van der Waals surface area (Å²) in [5.74, 6) is 0.540. The number of rotatable bonds is 9. The van der Waals surface area contributed by atoms with Crippen LogP contribution >= 0.6 is 11.8 Å². The Labute approximate surface area is 164 Å². The molecule has 6 nitrogen and oxygen atoms in total. The van der Waals surface area contributed by atoms with Crippen molar-refractivity contribution in [1.29, 1.82) is 0 Å². The molecule has 0 aliphatic rings. The summed E-state index contributed by atoms with van der Waals surface area (Å²) in [5.41, 5.74) is 0.856. The molecule has 0 unspecified atom stereocenters. The lowest BCUT2D eigenvalue weighted by molar-refractivity contribution is -0.388. The zero-order valence-electron chi connectivity index (χ0n) is 15.2. The summed E-state index contributed by atoms with van der Waals surface area (Å²) in [7, 11) is -3.73. The predicted octanol–water partition coefficient (Wildman–Crippen LogP) is 4.43. The Kier molecular flexibility index (Phi) is 7.58. The standard InChI is InChI=1S/C19H22N2O4S2/c1-3-20(4-2)27(24,25)17-12-13-19(18(15-17)21(22)23)26-14-8-11-16-9-6-5-7-10-16/h5-13,15H,3-4,14H2,1-2H3/b11-8+. The van der Waals surface area contributed by atoms with E-state index in [1.165, 1.54) is 28.2 Å². The van der Waals surface area contributed by atoms with Crippen LogP contribution in [0.2, 0.25) is 0 Å². The monoisotopic (exact) mass is 406 g/mol. The first-order chi connectivity index (χ1) is 12.9. The number of sulfonamides is 1. The van der Waals surface area contributed by atoms with Crippen LogP contribution in [0.1, 0.15) is 19.4 Å². The molecule has 0 radical (unpaired) electrons. The maximum atomic E-state index is 12.6. The summed E-state index contributed by atoms with van der Waals surface area (Å²) in [6.07, 6.45) is 3.86. The molecule has 2 rings (SSSR count). The fourth-order valence-corrected chi connectivity index (χ4v) is 4.82. The molecule has 0 aliphatic heterocycles. The molecule has 0 aromatic heterocycles. The topological polar surface area (TPSA) is 80.5 Å². The molecule has 0 fully saturated rings. The van der Waals surface area contributed by atoms with Gasteiger partial charge in [-0.05, 0) is 17.7 Å². The van der Waals surface area contributed by atoms with Crippen LogP contribution in [0.5, 0.6) is 0 Å². The Morgan fingerprint density at radius 1 is 1.11 bits per heavy atom. The largest absolute Gasteiger partial charge is 0.284 e. The Hall–Kier alpha value is -2.16. The van der Waals surface area contributed by atoms with Crippen molar-refractivity contribution in [3.05, 3.63) is 70.3 Å². The molecule has 0 heterocycles. The van der Waals surface area contributed by atoms with E-state index in [0.29, 0.717) is 23.7 Å². The second-order valence-corrected chi connectivity index (χ2v) is 8.60. The van der Waals surface area contributed by atoms with Crippen LogP contribution < -0.4 is 0 Å². The molecule has 0 spiro atoms. The van der Waals surface area contributed by atoms with Crippen molar-refractivity contribution in [2.24, 2.45) is 0 Å². The zero-order chi connectivity index (χ0) is 19.9. The van der Waals surface area contributed by atoms with Crippen molar-refractivity contribution in [2.75, 3.05) is 18.8 Å². The van der Waals surface area contributed by atoms with E-state index >= 15 is 0 Å². The molecule has 0 bridgehead atoms. The molecule has 27 heavy (non-hydrogen) atoms.